The summed E-state index contributed by atoms with van der Waals surface area (Å²) in [6.45, 7) is 4.31. The Labute approximate surface area is 144 Å². The van der Waals surface area contributed by atoms with E-state index in [-0.39, 0.29) is 25.0 Å². The first-order valence-electron chi connectivity index (χ1n) is 7.69. The van der Waals surface area contributed by atoms with Crippen molar-refractivity contribution >= 4 is 28.9 Å². The van der Waals surface area contributed by atoms with Crippen LogP contribution in [-0.4, -0.2) is 30.2 Å². The van der Waals surface area contributed by atoms with Gasteiger partial charge < -0.3 is 15.2 Å². The molecule has 0 radical (unpaired) electrons. The van der Waals surface area contributed by atoms with E-state index in [4.69, 9.17) is 9.84 Å². The molecule has 7 heteroatoms. The zero-order valence-electron chi connectivity index (χ0n) is 13.7. The Kier molecular flexibility index (Phi) is 6.45. The molecule has 128 valence electrons. The molecule has 1 heterocycles. The van der Waals surface area contributed by atoms with Crippen molar-refractivity contribution in [2.24, 2.45) is 0 Å². The van der Waals surface area contributed by atoms with Gasteiger partial charge in [-0.05, 0) is 31.2 Å². The molecule has 2 aromatic rings. The maximum atomic E-state index is 12.2. The van der Waals surface area contributed by atoms with Gasteiger partial charge in [0.2, 0.25) is 12.1 Å². The van der Waals surface area contributed by atoms with Crippen LogP contribution in [0.1, 0.15) is 27.9 Å². The highest BCUT2D eigenvalue weighted by molar-refractivity contribution is 7.09. The van der Waals surface area contributed by atoms with Crippen LogP contribution in [0.4, 0.5) is 5.69 Å². The minimum absolute atomic E-state index is 0.0976. The molecule has 0 spiro atoms. The smallest absolute Gasteiger partial charge is 0.338 e. The molecule has 24 heavy (non-hydrogen) atoms. The number of carbonyl (C=O) groups is 2. The fraction of sp³-hybridized carbons (Fsp3) is 0.353. The number of hydrogen-bond acceptors (Lipinski definition) is 5. The van der Waals surface area contributed by atoms with Crippen molar-refractivity contribution in [1.82, 2.24) is 0 Å². The Balaban J connectivity index is 1.96. The van der Waals surface area contributed by atoms with Gasteiger partial charge in [0.25, 0.3) is 5.91 Å². The number of aromatic nitrogens is 1. The van der Waals surface area contributed by atoms with Crippen LogP contribution in [0.2, 0.25) is 0 Å². The van der Waals surface area contributed by atoms with Gasteiger partial charge in [-0.1, -0.05) is 11.3 Å². The van der Waals surface area contributed by atoms with Crippen molar-refractivity contribution in [3.05, 3.63) is 45.9 Å². The average molecular weight is 349 g/mol. The lowest BCUT2D eigenvalue weighted by atomic mass is 10.2. The lowest BCUT2D eigenvalue weighted by Crippen LogP contribution is -2.41. The molecule has 1 amide bonds. The Morgan fingerprint density at radius 3 is 2.62 bits per heavy atom. The number of esters is 1. The number of amides is 1. The van der Waals surface area contributed by atoms with Gasteiger partial charge in [-0.25, -0.2) is 4.79 Å². The van der Waals surface area contributed by atoms with Crippen LogP contribution in [0.25, 0.3) is 0 Å². The Morgan fingerprint density at radius 2 is 2.00 bits per heavy atom. The molecule has 0 saturated heterocycles. The topological polar surface area (TPSA) is 79.5 Å². The molecular weight excluding hydrogens is 328 g/mol. The molecule has 0 fully saturated rings. The van der Waals surface area contributed by atoms with Crippen molar-refractivity contribution in [2.45, 2.75) is 26.8 Å². The van der Waals surface area contributed by atoms with E-state index in [1.54, 1.807) is 31.2 Å². The molecule has 0 unspecified atom stereocenters. The van der Waals surface area contributed by atoms with Crippen molar-refractivity contribution in [2.75, 3.05) is 18.5 Å². The molecule has 1 aromatic carbocycles. The maximum Gasteiger partial charge on any atom is 0.338 e. The second-order valence-corrected chi connectivity index (χ2v) is 6.12. The number of aliphatic hydroxyl groups excluding tert-OH is 1. The second kappa shape index (κ2) is 8.56. The summed E-state index contributed by atoms with van der Waals surface area (Å²) in [5, 5.41) is 11.8. The minimum atomic E-state index is -0.378. The molecule has 6 nitrogen and oxygen atoms in total. The average Bonchev–Trinajstić information content (AvgIpc) is 2.89. The third-order valence-corrected chi connectivity index (χ3v) is 4.63. The van der Waals surface area contributed by atoms with Crippen LogP contribution in [-0.2, 0) is 22.5 Å². The molecule has 1 aromatic heterocycles. The fourth-order valence-corrected chi connectivity index (χ4v) is 3.19. The number of ether oxygens (including phenoxy) is 1. The van der Waals surface area contributed by atoms with Gasteiger partial charge in [-0.15, -0.1) is 0 Å². The summed E-state index contributed by atoms with van der Waals surface area (Å²) in [6, 6.07) is 6.59. The van der Waals surface area contributed by atoms with Crippen LogP contribution >= 0.6 is 11.3 Å². The van der Waals surface area contributed by atoms with Crippen LogP contribution in [0.5, 0.6) is 0 Å². The van der Waals surface area contributed by atoms with E-state index < -0.39 is 0 Å². The highest BCUT2D eigenvalue weighted by Crippen LogP contribution is 2.12. The summed E-state index contributed by atoms with van der Waals surface area (Å²) in [6.07, 6.45) is 0.598. The quantitative estimate of drug-likeness (QED) is 0.589. The summed E-state index contributed by atoms with van der Waals surface area (Å²) in [5.74, 6) is -0.531. The van der Waals surface area contributed by atoms with Crippen LogP contribution in [0.15, 0.2) is 29.8 Å². The van der Waals surface area contributed by atoms with Gasteiger partial charge in [0, 0.05) is 25.6 Å². The number of aliphatic hydroxyl groups is 1. The molecular formula is C17H21N2O4S+. The molecule has 0 atom stereocenters. The third-order valence-electron chi connectivity index (χ3n) is 3.49. The number of nitrogens with zero attached hydrogens (tertiary/aromatic N) is 1. The Bertz CT molecular complexity index is 710. The van der Waals surface area contributed by atoms with Crippen molar-refractivity contribution in [3.8, 4) is 0 Å². The summed E-state index contributed by atoms with van der Waals surface area (Å²) < 4.78 is 6.78. The molecule has 0 aliphatic heterocycles. The molecule has 0 bridgehead atoms. The second-order valence-electron chi connectivity index (χ2n) is 5.18. The predicted octanol–water partition coefficient (Wildman–Crippen LogP) is 1.69. The Hall–Kier alpha value is -2.25. The fourth-order valence-electron chi connectivity index (χ4n) is 2.21. The van der Waals surface area contributed by atoms with Gasteiger partial charge in [0.05, 0.1) is 17.0 Å². The summed E-state index contributed by atoms with van der Waals surface area (Å²) in [5.41, 5.74) is 3.94. The van der Waals surface area contributed by atoms with Crippen molar-refractivity contribution in [1.29, 1.82) is 0 Å². The number of anilines is 1. The van der Waals surface area contributed by atoms with Crippen LogP contribution in [0.3, 0.4) is 0 Å². The predicted molar refractivity (Wildman–Crippen MR) is 91.1 cm³/mol. The van der Waals surface area contributed by atoms with Crippen molar-refractivity contribution in [3.63, 3.8) is 0 Å². The largest absolute Gasteiger partial charge is 0.462 e. The zero-order valence-corrected chi connectivity index (χ0v) is 14.6. The third kappa shape index (κ3) is 4.62. The molecule has 2 rings (SSSR count). The first kappa shape index (κ1) is 18.1. The van der Waals surface area contributed by atoms with Crippen LogP contribution in [0, 0.1) is 6.92 Å². The van der Waals surface area contributed by atoms with E-state index in [9.17, 15) is 9.59 Å². The monoisotopic (exact) mass is 349 g/mol. The van der Waals surface area contributed by atoms with Gasteiger partial charge in [-0.3, -0.25) is 4.79 Å². The van der Waals surface area contributed by atoms with Gasteiger partial charge >= 0.3 is 5.97 Å². The van der Waals surface area contributed by atoms with Gasteiger partial charge in [-0.2, -0.15) is 4.57 Å². The van der Waals surface area contributed by atoms with Gasteiger partial charge in [0.15, 0.2) is 5.69 Å². The summed E-state index contributed by atoms with van der Waals surface area (Å²) >= 11 is 1.53. The maximum absolute atomic E-state index is 12.2. The molecule has 0 saturated carbocycles. The van der Waals surface area contributed by atoms with E-state index in [2.05, 4.69) is 5.32 Å². The van der Waals surface area contributed by atoms with Gasteiger partial charge in [0.1, 0.15) is 0 Å². The highest BCUT2D eigenvalue weighted by Gasteiger charge is 2.18. The molecule has 0 aliphatic rings. The highest BCUT2D eigenvalue weighted by atomic mass is 32.1. The normalized spacial score (nSPS) is 10.5. The standard InChI is InChI=1S/C17H20N2O4S/c1-3-23-17(22)13-4-6-14(7-5-13)18-16(21)10-19-11-24-15(8-9-20)12(19)2/h4-7,11,20H,3,8-10H2,1-2H3/p+1. The van der Waals surface area contributed by atoms with E-state index in [1.807, 2.05) is 17.0 Å². The van der Waals surface area contributed by atoms with E-state index in [0.29, 0.717) is 24.3 Å². The number of rotatable bonds is 7. The number of thiazole rings is 1. The number of carbonyl (C=O) groups excluding carboxylic acids is 2. The van der Waals surface area contributed by atoms with Crippen molar-refractivity contribution < 1.29 is 24.0 Å². The lowest BCUT2D eigenvalue weighted by molar-refractivity contribution is -0.685. The summed E-state index contributed by atoms with van der Waals surface area (Å²) in [7, 11) is 0. The number of hydrogen-bond donors (Lipinski definition) is 2. The zero-order chi connectivity index (χ0) is 17.5. The van der Waals surface area contributed by atoms with E-state index in [1.165, 1.54) is 11.3 Å². The minimum Gasteiger partial charge on any atom is -0.462 e. The molecule has 0 aliphatic carbocycles. The lowest BCUT2D eigenvalue weighted by Gasteiger charge is -2.05. The Morgan fingerprint density at radius 1 is 1.29 bits per heavy atom. The first-order valence-corrected chi connectivity index (χ1v) is 8.57. The molecule has 2 N–H and O–H groups in total. The number of nitrogens with one attached hydrogen (secondary N) is 1. The SMILES string of the molecule is CCOC(=O)c1ccc(NC(=O)C[n+]2csc(CCO)c2C)cc1. The van der Waals surface area contributed by atoms with Crippen LogP contribution < -0.4 is 9.88 Å². The van der Waals surface area contributed by atoms with E-state index >= 15 is 0 Å². The number of benzene rings is 1. The van der Waals surface area contributed by atoms with E-state index in [0.717, 1.165) is 10.6 Å². The summed E-state index contributed by atoms with van der Waals surface area (Å²) in [4.78, 5) is 24.8. The first-order chi connectivity index (χ1) is 11.5.